The molecular formula is C16H22O2. The van der Waals surface area contributed by atoms with Crippen LogP contribution < -0.4 is 0 Å². The average Bonchev–Trinajstić information content (AvgIpc) is 2.31. The lowest BCUT2D eigenvalue weighted by molar-refractivity contribution is -0.142. The van der Waals surface area contributed by atoms with Gasteiger partial charge in [0.1, 0.15) is 0 Å². The first kappa shape index (κ1) is 14.5. The van der Waals surface area contributed by atoms with Gasteiger partial charge in [-0.1, -0.05) is 44.2 Å². The Labute approximate surface area is 110 Å². The van der Waals surface area contributed by atoms with Crippen molar-refractivity contribution in [3.63, 3.8) is 0 Å². The van der Waals surface area contributed by atoms with Gasteiger partial charge in [0.2, 0.25) is 0 Å². The van der Waals surface area contributed by atoms with Crippen LogP contribution in [0.3, 0.4) is 0 Å². The zero-order valence-corrected chi connectivity index (χ0v) is 11.5. The van der Waals surface area contributed by atoms with Gasteiger partial charge in [-0.3, -0.25) is 4.79 Å². The topological polar surface area (TPSA) is 26.3 Å². The molecule has 0 fully saturated rings. The van der Waals surface area contributed by atoms with E-state index in [1.54, 1.807) is 0 Å². The molecular weight excluding hydrogens is 224 g/mol. The number of hydrogen-bond acceptors (Lipinski definition) is 2. The smallest absolute Gasteiger partial charge is 0.306 e. The van der Waals surface area contributed by atoms with Crippen LogP contribution in [0.15, 0.2) is 36.9 Å². The highest BCUT2D eigenvalue weighted by Crippen LogP contribution is 2.28. The molecule has 18 heavy (non-hydrogen) atoms. The van der Waals surface area contributed by atoms with Gasteiger partial charge in [-0.15, -0.1) is 6.58 Å². The summed E-state index contributed by atoms with van der Waals surface area (Å²) in [5.41, 5.74) is 2.47. The molecule has 0 heterocycles. The molecule has 0 aliphatic heterocycles. The summed E-state index contributed by atoms with van der Waals surface area (Å²) in [5, 5.41) is 0. The molecule has 0 N–H and O–H groups in total. The van der Waals surface area contributed by atoms with Crippen molar-refractivity contribution < 1.29 is 9.53 Å². The standard InChI is InChI=1S/C16H22O2/c1-5-8-13-9-6-7-10-14(13)11-16(2,3)12-15(17)18-4/h5-7,9-10H,1,8,11-12H2,2-4H3. The number of allylic oxidation sites excluding steroid dienone is 1. The lowest BCUT2D eigenvalue weighted by atomic mass is 9.81. The maximum Gasteiger partial charge on any atom is 0.306 e. The first-order valence-electron chi connectivity index (χ1n) is 6.23. The van der Waals surface area contributed by atoms with E-state index in [2.05, 4.69) is 32.6 Å². The summed E-state index contributed by atoms with van der Waals surface area (Å²) in [4.78, 5) is 11.4. The van der Waals surface area contributed by atoms with Crippen LogP contribution >= 0.6 is 0 Å². The Morgan fingerprint density at radius 3 is 2.50 bits per heavy atom. The van der Waals surface area contributed by atoms with E-state index in [9.17, 15) is 4.79 Å². The van der Waals surface area contributed by atoms with Crippen molar-refractivity contribution in [1.82, 2.24) is 0 Å². The number of carbonyl (C=O) groups is 1. The van der Waals surface area contributed by atoms with Gasteiger partial charge in [-0.2, -0.15) is 0 Å². The lowest BCUT2D eigenvalue weighted by Crippen LogP contribution is -2.21. The molecule has 0 amide bonds. The summed E-state index contributed by atoms with van der Waals surface area (Å²) in [6.07, 6.45) is 4.08. The fraction of sp³-hybridized carbons (Fsp3) is 0.438. The summed E-state index contributed by atoms with van der Waals surface area (Å²) < 4.78 is 4.75. The molecule has 0 atom stereocenters. The SMILES string of the molecule is C=CCc1ccccc1CC(C)(C)CC(=O)OC. The zero-order valence-electron chi connectivity index (χ0n) is 11.5. The molecule has 0 saturated heterocycles. The number of rotatable bonds is 6. The summed E-state index contributed by atoms with van der Waals surface area (Å²) in [5.74, 6) is -0.152. The second kappa shape index (κ2) is 6.39. The van der Waals surface area contributed by atoms with Crippen molar-refractivity contribution >= 4 is 5.97 Å². The number of esters is 1. The number of benzene rings is 1. The molecule has 1 rings (SSSR count). The third-order valence-corrected chi connectivity index (χ3v) is 3.00. The number of ether oxygens (including phenoxy) is 1. The van der Waals surface area contributed by atoms with Crippen molar-refractivity contribution in [2.75, 3.05) is 7.11 Å². The first-order valence-corrected chi connectivity index (χ1v) is 6.23. The van der Waals surface area contributed by atoms with Crippen molar-refractivity contribution in [1.29, 1.82) is 0 Å². The summed E-state index contributed by atoms with van der Waals surface area (Å²) >= 11 is 0. The highest BCUT2D eigenvalue weighted by atomic mass is 16.5. The lowest BCUT2D eigenvalue weighted by Gasteiger charge is -2.24. The van der Waals surface area contributed by atoms with Gasteiger partial charge in [0.25, 0.3) is 0 Å². The van der Waals surface area contributed by atoms with Gasteiger partial charge in [0.15, 0.2) is 0 Å². The van der Waals surface area contributed by atoms with Crippen molar-refractivity contribution in [2.24, 2.45) is 5.41 Å². The Hall–Kier alpha value is -1.57. The number of carbonyl (C=O) groups excluding carboxylic acids is 1. The molecule has 0 saturated carbocycles. The fourth-order valence-electron chi connectivity index (χ4n) is 2.13. The predicted molar refractivity (Wildman–Crippen MR) is 74.5 cm³/mol. The van der Waals surface area contributed by atoms with Crippen LogP contribution in [-0.2, 0) is 22.4 Å². The number of methoxy groups -OCH3 is 1. The van der Waals surface area contributed by atoms with Crippen LogP contribution in [0.25, 0.3) is 0 Å². The highest BCUT2D eigenvalue weighted by Gasteiger charge is 2.23. The minimum atomic E-state index is -0.152. The van der Waals surface area contributed by atoms with Crippen molar-refractivity contribution in [3.8, 4) is 0 Å². The molecule has 0 spiro atoms. The molecule has 0 bridgehead atoms. The van der Waals surface area contributed by atoms with Gasteiger partial charge in [-0.25, -0.2) is 0 Å². The van der Waals surface area contributed by atoms with Crippen LogP contribution in [0.1, 0.15) is 31.4 Å². The maximum atomic E-state index is 11.4. The van der Waals surface area contributed by atoms with E-state index in [0.717, 1.165) is 12.8 Å². The third-order valence-electron chi connectivity index (χ3n) is 3.00. The molecule has 0 aliphatic rings. The molecule has 0 aliphatic carbocycles. The number of hydrogen-bond donors (Lipinski definition) is 0. The molecule has 0 radical (unpaired) electrons. The van der Waals surface area contributed by atoms with Gasteiger partial charge in [-0.05, 0) is 29.4 Å². The monoisotopic (exact) mass is 246 g/mol. The van der Waals surface area contributed by atoms with Crippen LogP contribution in [0.2, 0.25) is 0 Å². The first-order chi connectivity index (χ1) is 8.48. The van der Waals surface area contributed by atoms with E-state index >= 15 is 0 Å². The minimum absolute atomic E-state index is 0.0929. The van der Waals surface area contributed by atoms with Crippen LogP contribution in [0.4, 0.5) is 0 Å². The minimum Gasteiger partial charge on any atom is -0.469 e. The molecule has 2 heteroatoms. The summed E-state index contributed by atoms with van der Waals surface area (Å²) in [7, 11) is 1.43. The largest absolute Gasteiger partial charge is 0.469 e. The van der Waals surface area contributed by atoms with Crippen LogP contribution in [-0.4, -0.2) is 13.1 Å². The van der Waals surface area contributed by atoms with Gasteiger partial charge >= 0.3 is 5.97 Å². The normalized spacial score (nSPS) is 11.1. The quantitative estimate of drug-likeness (QED) is 0.567. The summed E-state index contributed by atoms with van der Waals surface area (Å²) in [6.45, 7) is 7.96. The Morgan fingerprint density at radius 1 is 1.33 bits per heavy atom. The second-order valence-corrected chi connectivity index (χ2v) is 5.36. The Bertz CT molecular complexity index is 419. The van der Waals surface area contributed by atoms with Crippen molar-refractivity contribution in [3.05, 3.63) is 48.0 Å². The van der Waals surface area contributed by atoms with E-state index in [1.807, 2.05) is 18.2 Å². The second-order valence-electron chi connectivity index (χ2n) is 5.36. The molecule has 1 aromatic carbocycles. The van der Waals surface area contributed by atoms with E-state index in [1.165, 1.54) is 18.2 Å². The molecule has 1 aromatic rings. The van der Waals surface area contributed by atoms with E-state index < -0.39 is 0 Å². The average molecular weight is 246 g/mol. The molecule has 2 nitrogen and oxygen atoms in total. The van der Waals surface area contributed by atoms with Gasteiger partial charge in [0.05, 0.1) is 13.5 Å². The van der Waals surface area contributed by atoms with E-state index in [4.69, 9.17) is 4.74 Å². The van der Waals surface area contributed by atoms with E-state index in [-0.39, 0.29) is 11.4 Å². The Balaban J connectivity index is 2.82. The Kier molecular flexibility index (Phi) is 5.14. The predicted octanol–water partition coefficient (Wildman–Crippen LogP) is 3.55. The zero-order chi connectivity index (χ0) is 13.6. The highest BCUT2D eigenvalue weighted by molar-refractivity contribution is 5.70. The fourth-order valence-corrected chi connectivity index (χ4v) is 2.13. The maximum absolute atomic E-state index is 11.4. The van der Waals surface area contributed by atoms with Crippen molar-refractivity contribution in [2.45, 2.75) is 33.1 Å². The van der Waals surface area contributed by atoms with Crippen LogP contribution in [0, 0.1) is 5.41 Å². The molecule has 0 aromatic heterocycles. The summed E-state index contributed by atoms with van der Waals surface area (Å²) in [6, 6.07) is 8.31. The van der Waals surface area contributed by atoms with Crippen LogP contribution in [0.5, 0.6) is 0 Å². The molecule has 98 valence electrons. The van der Waals surface area contributed by atoms with Gasteiger partial charge in [0, 0.05) is 0 Å². The molecule has 0 unspecified atom stereocenters. The van der Waals surface area contributed by atoms with E-state index in [0.29, 0.717) is 6.42 Å². The third kappa shape index (κ3) is 4.36. The van der Waals surface area contributed by atoms with Gasteiger partial charge < -0.3 is 4.74 Å². The Morgan fingerprint density at radius 2 is 1.94 bits per heavy atom.